The SMILES string of the molecule is CN(C)CC(=O)c1cnc2[nH]cc(I)c2c1. The third-order valence-electron chi connectivity index (χ3n) is 2.26. The third-order valence-corrected chi connectivity index (χ3v) is 3.15. The van der Waals surface area contributed by atoms with Gasteiger partial charge < -0.3 is 9.88 Å². The number of nitrogens with one attached hydrogen (secondary N) is 1. The molecule has 0 amide bonds. The third kappa shape index (κ3) is 2.25. The van der Waals surface area contributed by atoms with Crippen LogP contribution in [0.1, 0.15) is 10.4 Å². The molecule has 0 unspecified atom stereocenters. The smallest absolute Gasteiger partial charge is 0.178 e. The Balaban J connectivity index is 2.38. The molecular weight excluding hydrogens is 317 g/mol. The summed E-state index contributed by atoms with van der Waals surface area (Å²) in [6.45, 7) is 0.411. The molecule has 2 aromatic heterocycles. The standard InChI is InChI=1S/C11H12IN3O/c1-15(2)6-10(16)7-3-8-9(12)5-14-11(8)13-4-7/h3-5H,6H2,1-2H3,(H,13,14). The monoisotopic (exact) mass is 329 g/mol. The van der Waals surface area contributed by atoms with Crippen molar-refractivity contribution in [1.29, 1.82) is 0 Å². The summed E-state index contributed by atoms with van der Waals surface area (Å²) in [5, 5.41) is 1.00. The number of halogens is 1. The van der Waals surface area contributed by atoms with E-state index in [1.807, 2.05) is 31.3 Å². The highest BCUT2D eigenvalue weighted by molar-refractivity contribution is 14.1. The van der Waals surface area contributed by atoms with Crippen molar-refractivity contribution in [2.75, 3.05) is 20.6 Å². The van der Waals surface area contributed by atoms with Crippen molar-refractivity contribution in [3.05, 3.63) is 27.6 Å². The number of nitrogens with zero attached hydrogens (tertiary/aromatic N) is 2. The van der Waals surface area contributed by atoms with Gasteiger partial charge in [0.05, 0.1) is 6.54 Å². The Bertz CT molecular complexity index is 533. The molecule has 0 aliphatic carbocycles. The average molecular weight is 329 g/mol. The maximum absolute atomic E-state index is 11.8. The van der Waals surface area contributed by atoms with Gasteiger partial charge in [0.2, 0.25) is 0 Å². The van der Waals surface area contributed by atoms with Crippen LogP contribution in [0.3, 0.4) is 0 Å². The predicted molar refractivity (Wildman–Crippen MR) is 71.7 cm³/mol. The summed E-state index contributed by atoms with van der Waals surface area (Å²) in [6.07, 6.45) is 3.51. The zero-order chi connectivity index (χ0) is 11.7. The van der Waals surface area contributed by atoms with Gasteiger partial charge in [-0.15, -0.1) is 0 Å². The van der Waals surface area contributed by atoms with Crippen LogP contribution in [0.15, 0.2) is 18.5 Å². The highest BCUT2D eigenvalue weighted by Gasteiger charge is 2.10. The van der Waals surface area contributed by atoms with Gasteiger partial charge in [0.1, 0.15) is 5.65 Å². The Labute approximate surface area is 107 Å². The number of fused-ring (bicyclic) bond motifs is 1. The number of pyridine rings is 1. The Morgan fingerprint density at radius 1 is 1.56 bits per heavy atom. The molecule has 1 N–H and O–H groups in total. The van der Waals surface area contributed by atoms with Crippen LogP contribution in [0.2, 0.25) is 0 Å². The molecule has 0 aliphatic rings. The number of aromatic amines is 1. The lowest BCUT2D eigenvalue weighted by atomic mass is 10.1. The van der Waals surface area contributed by atoms with E-state index in [9.17, 15) is 4.79 Å². The molecule has 0 spiro atoms. The van der Waals surface area contributed by atoms with Crippen molar-refractivity contribution >= 4 is 39.4 Å². The van der Waals surface area contributed by atoms with Crippen molar-refractivity contribution in [2.24, 2.45) is 0 Å². The van der Waals surface area contributed by atoms with Crippen LogP contribution in [0.5, 0.6) is 0 Å². The van der Waals surface area contributed by atoms with E-state index in [-0.39, 0.29) is 5.78 Å². The number of likely N-dealkylation sites (N-methyl/N-ethyl adjacent to an activating group) is 1. The van der Waals surface area contributed by atoms with Crippen LogP contribution in [0.4, 0.5) is 0 Å². The van der Waals surface area contributed by atoms with Crippen molar-refractivity contribution in [2.45, 2.75) is 0 Å². The molecule has 84 valence electrons. The second kappa shape index (κ2) is 4.50. The van der Waals surface area contributed by atoms with E-state index in [2.05, 4.69) is 32.6 Å². The van der Waals surface area contributed by atoms with Crippen LogP contribution in [-0.2, 0) is 0 Å². The lowest BCUT2D eigenvalue weighted by Gasteiger charge is -2.07. The van der Waals surface area contributed by atoms with Crippen molar-refractivity contribution in [3.8, 4) is 0 Å². The molecule has 0 fully saturated rings. The quantitative estimate of drug-likeness (QED) is 0.691. The Morgan fingerprint density at radius 2 is 2.31 bits per heavy atom. The number of hydrogen-bond acceptors (Lipinski definition) is 3. The second-order valence-corrected chi connectivity index (χ2v) is 5.08. The lowest BCUT2D eigenvalue weighted by molar-refractivity contribution is 0.0957. The second-order valence-electron chi connectivity index (χ2n) is 3.92. The highest BCUT2D eigenvalue weighted by atomic mass is 127. The fraction of sp³-hybridized carbons (Fsp3) is 0.273. The van der Waals surface area contributed by atoms with Crippen molar-refractivity contribution in [1.82, 2.24) is 14.9 Å². The lowest BCUT2D eigenvalue weighted by Crippen LogP contribution is -2.21. The van der Waals surface area contributed by atoms with Gasteiger partial charge in [-0.2, -0.15) is 0 Å². The van der Waals surface area contributed by atoms with Gasteiger partial charge in [0.15, 0.2) is 5.78 Å². The van der Waals surface area contributed by atoms with E-state index in [1.54, 1.807) is 6.20 Å². The Kier molecular flexibility index (Phi) is 3.25. The van der Waals surface area contributed by atoms with Crippen LogP contribution < -0.4 is 0 Å². The number of rotatable bonds is 3. The van der Waals surface area contributed by atoms with Gasteiger partial charge in [0.25, 0.3) is 0 Å². The van der Waals surface area contributed by atoms with Gasteiger partial charge >= 0.3 is 0 Å². The van der Waals surface area contributed by atoms with Crippen molar-refractivity contribution in [3.63, 3.8) is 0 Å². The number of carbonyl (C=O) groups is 1. The number of ketones is 1. The minimum Gasteiger partial charge on any atom is -0.345 e. The largest absolute Gasteiger partial charge is 0.345 e. The molecule has 2 aromatic rings. The van der Waals surface area contributed by atoms with Crippen LogP contribution in [-0.4, -0.2) is 41.3 Å². The molecule has 0 aromatic carbocycles. The van der Waals surface area contributed by atoms with E-state index in [0.29, 0.717) is 12.1 Å². The van der Waals surface area contributed by atoms with E-state index in [4.69, 9.17) is 0 Å². The molecule has 0 bridgehead atoms. The predicted octanol–water partition coefficient (Wildman–Crippen LogP) is 1.91. The number of hydrogen-bond donors (Lipinski definition) is 1. The van der Waals surface area contributed by atoms with Gasteiger partial charge in [-0.1, -0.05) is 0 Å². The van der Waals surface area contributed by atoms with Crippen LogP contribution >= 0.6 is 22.6 Å². The van der Waals surface area contributed by atoms with E-state index < -0.39 is 0 Å². The first-order chi connectivity index (χ1) is 7.58. The molecule has 2 rings (SSSR count). The summed E-state index contributed by atoms with van der Waals surface area (Å²) < 4.78 is 1.08. The topological polar surface area (TPSA) is 49.0 Å². The molecule has 0 saturated heterocycles. The molecule has 2 heterocycles. The Morgan fingerprint density at radius 3 is 3.00 bits per heavy atom. The normalized spacial score (nSPS) is 11.2. The number of H-pyrrole nitrogens is 1. The average Bonchev–Trinajstić information content (AvgIpc) is 2.59. The molecule has 0 saturated carbocycles. The molecule has 0 atom stereocenters. The first-order valence-corrected chi connectivity index (χ1v) is 5.96. The zero-order valence-electron chi connectivity index (χ0n) is 9.12. The molecule has 16 heavy (non-hydrogen) atoms. The number of Topliss-reactive ketones (excluding diaryl/α,β-unsaturated/α-hetero) is 1. The maximum Gasteiger partial charge on any atom is 0.178 e. The van der Waals surface area contributed by atoms with Crippen LogP contribution in [0, 0.1) is 3.57 Å². The molecule has 0 aliphatic heterocycles. The summed E-state index contributed by atoms with van der Waals surface area (Å²) in [6, 6.07) is 1.90. The van der Waals surface area contributed by atoms with Gasteiger partial charge in [-0.05, 0) is 42.8 Å². The van der Waals surface area contributed by atoms with Gasteiger partial charge in [-0.25, -0.2) is 4.98 Å². The minimum absolute atomic E-state index is 0.0939. The highest BCUT2D eigenvalue weighted by Crippen LogP contribution is 2.19. The number of aromatic nitrogens is 2. The van der Waals surface area contributed by atoms with Gasteiger partial charge in [-0.3, -0.25) is 4.79 Å². The fourth-order valence-electron chi connectivity index (χ4n) is 1.50. The molecule has 0 radical (unpaired) electrons. The summed E-state index contributed by atoms with van der Waals surface area (Å²) in [4.78, 5) is 21.0. The number of carbonyl (C=O) groups excluding carboxylic acids is 1. The summed E-state index contributed by atoms with van der Waals surface area (Å²) in [5.41, 5.74) is 1.49. The van der Waals surface area contributed by atoms with E-state index in [1.165, 1.54) is 0 Å². The summed E-state index contributed by atoms with van der Waals surface area (Å²) >= 11 is 2.23. The first kappa shape index (κ1) is 11.5. The fourth-order valence-corrected chi connectivity index (χ4v) is 2.07. The van der Waals surface area contributed by atoms with Gasteiger partial charge in [0, 0.05) is 26.9 Å². The van der Waals surface area contributed by atoms with E-state index >= 15 is 0 Å². The van der Waals surface area contributed by atoms with Crippen molar-refractivity contribution < 1.29 is 4.79 Å². The zero-order valence-corrected chi connectivity index (χ0v) is 11.3. The molecular formula is C11H12IN3O. The molecule has 5 heteroatoms. The first-order valence-electron chi connectivity index (χ1n) is 4.88. The summed E-state index contributed by atoms with van der Waals surface area (Å²) in [5.74, 6) is 0.0939. The van der Waals surface area contributed by atoms with E-state index in [0.717, 1.165) is 14.6 Å². The minimum atomic E-state index is 0.0939. The Hall–Kier alpha value is -0.950. The van der Waals surface area contributed by atoms with Crippen LogP contribution in [0.25, 0.3) is 11.0 Å². The molecule has 4 nitrogen and oxygen atoms in total. The maximum atomic E-state index is 11.8. The summed E-state index contributed by atoms with van der Waals surface area (Å²) in [7, 11) is 3.76.